The Morgan fingerprint density at radius 3 is 0.708 bits per heavy atom. The Kier molecular flexibility index (Phi) is 25.1. The number of nitrogens with one attached hydrogen (secondary N) is 1. The zero-order valence-electron chi connectivity index (χ0n) is 78.3. The molecular formula is C121H129F3N6. The van der Waals surface area contributed by atoms with Gasteiger partial charge in [-0.05, 0) is 207 Å². The van der Waals surface area contributed by atoms with Crippen LogP contribution in [0.1, 0.15) is 244 Å². The van der Waals surface area contributed by atoms with E-state index >= 15 is 0 Å². The zero-order valence-corrected chi connectivity index (χ0v) is 78.3. The molecule has 18 rings (SSSR count). The van der Waals surface area contributed by atoms with Crippen molar-refractivity contribution in [2.45, 2.75) is 232 Å². The van der Waals surface area contributed by atoms with E-state index in [0.717, 1.165) is 72.4 Å². The lowest BCUT2D eigenvalue weighted by Crippen LogP contribution is -2.15. The number of benzene rings is 14. The number of aromatic nitrogens is 4. The summed E-state index contributed by atoms with van der Waals surface area (Å²) in [5, 5.41) is 31.8. The minimum Gasteiger partial charge on any atom is -0.355 e. The van der Waals surface area contributed by atoms with E-state index in [2.05, 4.69) is 397 Å². The van der Waals surface area contributed by atoms with Gasteiger partial charge in [0, 0.05) is 70.8 Å². The molecular weight excluding hydrogens is 1590 g/mol. The van der Waals surface area contributed by atoms with Crippen molar-refractivity contribution in [2.75, 3.05) is 0 Å². The normalized spacial score (nSPS) is 12.4. The van der Waals surface area contributed by atoms with Crippen molar-refractivity contribution < 1.29 is 13.2 Å². The number of halogens is 3. The Morgan fingerprint density at radius 2 is 0.446 bits per heavy atom. The van der Waals surface area contributed by atoms with E-state index in [9.17, 15) is 18.4 Å². The lowest BCUT2D eigenvalue weighted by Gasteiger charge is -2.29. The van der Waals surface area contributed by atoms with Crippen LogP contribution in [0.4, 0.5) is 13.2 Å². The first-order chi connectivity index (χ1) is 59.8. The Hall–Kier alpha value is -13.0. The summed E-state index contributed by atoms with van der Waals surface area (Å²) in [6.07, 6.45) is 0. The highest BCUT2D eigenvalue weighted by Crippen LogP contribution is 2.54. The zero-order chi connectivity index (χ0) is 91.1. The number of hydrogen-bond donors (Lipinski definition) is 1. The van der Waals surface area contributed by atoms with Gasteiger partial charge >= 0.3 is 0 Å². The van der Waals surface area contributed by atoms with Crippen LogP contribution in [0.2, 0.25) is 0 Å². The van der Waals surface area contributed by atoms with Gasteiger partial charge in [0.05, 0.1) is 61.3 Å². The summed E-state index contributed by atoms with van der Waals surface area (Å²) in [5.74, 6) is -3.64. The molecule has 0 spiro atoms. The minimum absolute atomic E-state index is 0. The second-order valence-electron chi connectivity index (χ2n) is 43.0. The molecule has 0 bridgehead atoms. The second kappa shape index (κ2) is 34.5. The molecule has 664 valence electrons. The number of rotatable bonds is 7. The summed E-state index contributed by atoms with van der Waals surface area (Å²) in [6.45, 7) is 55.1. The third-order valence-corrected chi connectivity index (χ3v) is 25.7. The molecule has 0 radical (unpaired) electrons. The maximum atomic E-state index is 15.0. The molecule has 0 amide bonds. The molecule has 4 heterocycles. The first-order valence-electron chi connectivity index (χ1n) is 44.6. The molecule has 0 aliphatic heterocycles. The highest BCUT2D eigenvalue weighted by Gasteiger charge is 2.37. The van der Waals surface area contributed by atoms with Gasteiger partial charge in [0.25, 0.3) is 0 Å². The molecule has 1 N–H and O–H groups in total. The largest absolute Gasteiger partial charge is 0.355 e. The third-order valence-electron chi connectivity index (χ3n) is 25.7. The van der Waals surface area contributed by atoms with E-state index in [1.807, 2.05) is 0 Å². The van der Waals surface area contributed by atoms with Gasteiger partial charge in [-0.25, -0.2) is 13.2 Å². The molecule has 0 saturated heterocycles. The van der Waals surface area contributed by atoms with Gasteiger partial charge in [-0.1, -0.05) is 358 Å². The molecule has 0 fully saturated rings. The maximum absolute atomic E-state index is 15.0. The van der Waals surface area contributed by atoms with E-state index in [4.69, 9.17) is 5.26 Å². The average molecular weight is 1720 g/mol. The van der Waals surface area contributed by atoms with E-state index in [-0.39, 0.29) is 76.7 Å². The number of hydrogen-bond acceptors (Lipinski definition) is 2. The van der Waals surface area contributed by atoms with Gasteiger partial charge in [0.15, 0.2) is 11.6 Å². The standard InChI is InChI=1S/C79H82N4.C20H25N.C19H10F3N.3CH4/c1-74(2,3)50-29-35-63-56(41-50)57-42-51(75(4,5)6)30-36-64(57)81(63)71-62(47-80)69(48-25-21-19-22-26-48)72(82-65-37-31-52(76(7,8)9)43-58(65)59-44-53(77(10,11)12)32-38-66(59)82)70(49-27-23-20-24-28-49)73(71)83-67-39-33-54(78(13,14)15)45-60(67)61-46-55(79(16,17)18)34-40-68(61)83;1-19(2,3)13-7-9-17-15(11-13)16-12-14(20(4,5)6)8-10-18(16)21-17;20-17-14(11-23)15(12-7-3-1-4-8-12)18(21)16(19(17)22)13-9-5-2-6-10-13;;;/h19-46H,1-18H3;7-12,21H,1-6H3;1-10H;3*1H4. The fraction of sp³-hybridized carbons (Fsp3) is 0.289. The van der Waals surface area contributed by atoms with Crippen LogP contribution in [0.3, 0.4) is 0 Å². The third kappa shape index (κ3) is 17.2. The van der Waals surface area contributed by atoms with Gasteiger partial charge in [0.1, 0.15) is 23.5 Å². The molecule has 18 aromatic rings. The summed E-state index contributed by atoms with van der Waals surface area (Å²) >= 11 is 0. The number of nitriles is 2. The number of aromatic amines is 1. The van der Waals surface area contributed by atoms with Crippen LogP contribution in [0.5, 0.6) is 0 Å². The van der Waals surface area contributed by atoms with Crippen molar-refractivity contribution in [3.05, 3.63) is 340 Å². The SMILES string of the molecule is C.C.C.CC(C)(C)c1ccc2[nH]c3ccc(C(C)(C)C)cc3c2c1.CC(C)(C)c1ccc2c(c1)c1cc(C(C)(C)C)ccc1n2-c1c(-c2ccccc2)c(C#N)c(-n2c3ccc(C(C)(C)C)cc3c3cc(C(C)(C)C)ccc32)c(-n2c3ccc(C(C)(C)C)cc3c3cc(C(C)(C)C)ccc32)c1-c1ccccc1.N#Cc1c(F)c(F)c(-c2ccccc2)c(F)c1-c1ccccc1. The van der Waals surface area contributed by atoms with Crippen LogP contribution < -0.4 is 0 Å². The van der Waals surface area contributed by atoms with Crippen LogP contribution in [0.25, 0.3) is 149 Å². The number of H-pyrrole nitrogens is 1. The summed E-state index contributed by atoms with van der Waals surface area (Å²) in [6, 6.07) is 98.7. The fourth-order valence-corrected chi connectivity index (χ4v) is 18.2. The predicted octanol–water partition coefficient (Wildman–Crippen LogP) is 35.1. The van der Waals surface area contributed by atoms with Crippen LogP contribution >= 0.6 is 0 Å². The van der Waals surface area contributed by atoms with E-state index in [0.29, 0.717) is 11.1 Å². The Balaban J connectivity index is 0.000000248. The molecule has 0 atom stereocenters. The van der Waals surface area contributed by atoms with Crippen molar-refractivity contribution >= 4 is 87.2 Å². The van der Waals surface area contributed by atoms with E-state index in [1.165, 1.54) is 111 Å². The Morgan fingerprint density at radius 1 is 0.223 bits per heavy atom. The van der Waals surface area contributed by atoms with Gasteiger partial charge in [-0.15, -0.1) is 0 Å². The lowest BCUT2D eigenvalue weighted by molar-refractivity contribution is 0.497. The van der Waals surface area contributed by atoms with Crippen molar-refractivity contribution in [3.8, 4) is 73.7 Å². The highest BCUT2D eigenvalue weighted by atomic mass is 19.2. The summed E-state index contributed by atoms with van der Waals surface area (Å²) in [4.78, 5) is 3.54. The molecule has 0 unspecified atom stereocenters. The number of nitrogens with zero attached hydrogens (tertiary/aromatic N) is 5. The smallest absolute Gasteiger partial charge is 0.178 e. The quantitative estimate of drug-likeness (QED) is 0.161. The number of fused-ring (bicyclic) bond motifs is 12. The van der Waals surface area contributed by atoms with Crippen molar-refractivity contribution in [2.24, 2.45) is 0 Å². The van der Waals surface area contributed by atoms with Gasteiger partial charge in [-0.2, -0.15) is 10.5 Å². The molecule has 0 aliphatic carbocycles. The predicted molar refractivity (Wildman–Crippen MR) is 553 cm³/mol. The molecule has 0 saturated carbocycles. The average Bonchev–Trinajstić information content (AvgIpc) is 1.49. The second-order valence-corrected chi connectivity index (χ2v) is 43.0. The van der Waals surface area contributed by atoms with Crippen molar-refractivity contribution in [1.29, 1.82) is 10.5 Å². The van der Waals surface area contributed by atoms with Gasteiger partial charge < -0.3 is 18.7 Å². The Labute approximate surface area is 770 Å². The topological polar surface area (TPSA) is 78.2 Å². The van der Waals surface area contributed by atoms with Crippen molar-refractivity contribution in [3.63, 3.8) is 0 Å². The molecule has 9 heteroatoms. The van der Waals surface area contributed by atoms with Crippen LogP contribution in [0.15, 0.2) is 267 Å². The lowest BCUT2D eigenvalue weighted by atomic mass is 9.85. The van der Waals surface area contributed by atoms with Crippen LogP contribution in [0, 0.1) is 40.1 Å². The molecule has 0 aliphatic rings. The van der Waals surface area contributed by atoms with Crippen LogP contribution in [-0.4, -0.2) is 18.7 Å². The molecule has 6 nitrogen and oxygen atoms in total. The van der Waals surface area contributed by atoms with E-state index < -0.39 is 28.6 Å². The molecule has 14 aromatic carbocycles. The summed E-state index contributed by atoms with van der Waals surface area (Å²) in [5.41, 5.74) is 25.5. The minimum atomic E-state index is -1.36. The van der Waals surface area contributed by atoms with Crippen molar-refractivity contribution in [1.82, 2.24) is 18.7 Å². The van der Waals surface area contributed by atoms with Gasteiger partial charge in [-0.3, -0.25) is 0 Å². The summed E-state index contributed by atoms with van der Waals surface area (Å²) < 4.78 is 51.2. The fourth-order valence-electron chi connectivity index (χ4n) is 18.2. The first kappa shape index (κ1) is 94.7. The summed E-state index contributed by atoms with van der Waals surface area (Å²) in [7, 11) is 0. The maximum Gasteiger partial charge on any atom is 0.178 e. The van der Waals surface area contributed by atoms with Crippen LogP contribution in [-0.2, 0) is 43.3 Å². The van der Waals surface area contributed by atoms with Gasteiger partial charge in [0.2, 0.25) is 0 Å². The first-order valence-corrected chi connectivity index (χ1v) is 44.6. The molecule has 4 aromatic heterocycles. The Bertz CT molecular complexity index is 7180. The monoisotopic (exact) mass is 1720 g/mol. The highest BCUT2D eigenvalue weighted by molar-refractivity contribution is 6.17. The van der Waals surface area contributed by atoms with E-state index in [1.54, 1.807) is 54.6 Å². The molecule has 130 heavy (non-hydrogen) atoms.